The zero-order chi connectivity index (χ0) is 37.6. The second-order valence-electron chi connectivity index (χ2n) is 11.6. The van der Waals surface area contributed by atoms with Crippen LogP contribution in [0.25, 0.3) is 0 Å². The first-order valence-electron chi connectivity index (χ1n) is 18.7. The topological polar surface area (TPSA) is 13.0 Å². The summed E-state index contributed by atoms with van der Waals surface area (Å²) < 4.78 is 2.48. The molecule has 0 aromatic carbocycles. The number of hydrogen-bond donors (Lipinski definition) is 0. The Morgan fingerprint density at radius 3 is 0.592 bits per heavy atom. The second-order valence-corrected chi connectivity index (χ2v) is 15.8. The maximum Gasteiger partial charge on any atom is 4.00 e. The van der Waals surface area contributed by atoms with Gasteiger partial charge in [0.2, 0.25) is 0 Å². The molecule has 0 aliphatic carbocycles. The predicted octanol–water partition coefficient (Wildman–Crippen LogP) is 10.9. The summed E-state index contributed by atoms with van der Waals surface area (Å²) in [5.41, 5.74) is 0. The molecule has 0 spiro atoms. The van der Waals surface area contributed by atoms with Crippen molar-refractivity contribution >= 4 is 117 Å². The largest absolute Gasteiger partial charge is 4.00 e. The molecule has 0 heterocycles. The molecule has 0 N–H and O–H groups in total. The van der Waals surface area contributed by atoms with Crippen LogP contribution in [0.4, 0.5) is 0 Å². The van der Waals surface area contributed by atoms with Crippen LogP contribution in [0, 0.1) is 0 Å². The van der Waals surface area contributed by atoms with Gasteiger partial charge in [0.1, 0.15) is 0 Å². The van der Waals surface area contributed by atoms with Crippen LogP contribution in [0.5, 0.6) is 0 Å². The number of unbranched alkanes of at least 4 members (excludes halogenated alkanes) is 12. The smallest absolute Gasteiger partial charge is 0.411 e. The van der Waals surface area contributed by atoms with E-state index in [9.17, 15) is 0 Å². The summed E-state index contributed by atoms with van der Waals surface area (Å²) in [5, 5.41) is 0. The van der Waals surface area contributed by atoms with E-state index in [2.05, 4.69) is 75.0 Å². The Labute approximate surface area is 364 Å². The van der Waals surface area contributed by atoms with Crippen molar-refractivity contribution < 1.29 is 21.1 Å². The summed E-state index contributed by atoms with van der Waals surface area (Å²) in [4.78, 5) is 8.33. The van der Waals surface area contributed by atoms with Gasteiger partial charge < -0.3 is 119 Å². The minimum Gasteiger partial charge on any atom is -0.411 e. The molecule has 13 heteroatoms. The molecule has 0 unspecified atom stereocenters. The van der Waals surface area contributed by atoms with E-state index < -0.39 is 0 Å². The van der Waals surface area contributed by atoms with Crippen molar-refractivity contribution in [3.05, 3.63) is 0 Å². The van der Waals surface area contributed by atoms with Crippen LogP contribution in [0.15, 0.2) is 0 Å². The molecule has 0 aromatic heterocycles. The Balaban J connectivity index is -0.000000174. The van der Waals surface area contributed by atoms with Crippen LogP contribution >= 0.6 is 48.9 Å². The monoisotopic (exact) mass is 914 g/mol. The van der Waals surface area contributed by atoms with Crippen molar-refractivity contribution in [1.82, 2.24) is 19.6 Å². The van der Waals surface area contributed by atoms with Gasteiger partial charge in [0.15, 0.2) is 0 Å². The van der Waals surface area contributed by atoms with Crippen molar-refractivity contribution in [3.63, 3.8) is 0 Å². The molecule has 290 valence electrons. The first-order chi connectivity index (χ1) is 22.9. The van der Waals surface area contributed by atoms with E-state index in [1.807, 2.05) is 0 Å². The summed E-state index contributed by atoms with van der Waals surface area (Å²) in [5.74, 6) is 0. The fourth-order valence-electron chi connectivity index (χ4n) is 4.43. The molecule has 0 saturated heterocycles. The Morgan fingerprint density at radius 1 is 0.327 bits per heavy atom. The predicted molar refractivity (Wildman–Crippen MR) is 245 cm³/mol. The molecule has 4 nitrogen and oxygen atoms in total. The number of hydrogen-bond acceptors (Lipinski definition) is 8. The van der Waals surface area contributed by atoms with Crippen molar-refractivity contribution in [2.75, 3.05) is 52.4 Å². The maximum atomic E-state index is 4.93. The molecule has 0 bridgehead atoms. The molecule has 0 fully saturated rings. The average molecular weight is 913 g/mol. The van der Waals surface area contributed by atoms with E-state index in [0.29, 0.717) is 17.3 Å². The van der Waals surface area contributed by atoms with E-state index in [-0.39, 0.29) is 21.1 Å². The van der Waals surface area contributed by atoms with Crippen LogP contribution in [0.3, 0.4) is 0 Å². The fourth-order valence-corrected chi connectivity index (χ4v) is 6.19. The number of nitrogens with zero attached hydrogens (tertiary/aromatic N) is 4. The van der Waals surface area contributed by atoms with Gasteiger partial charge in [-0.2, -0.15) is 0 Å². The molecular formula is C36H72MoN4S8. The molecule has 0 amide bonds. The van der Waals surface area contributed by atoms with Crippen LogP contribution < -0.4 is 0 Å². The van der Waals surface area contributed by atoms with Crippen molar-refractivity contribution in [1.29, 1.82) is 0 Å². The first-order valence-corrected chi connectivity index (χ1v) is 22.0. The van der Waals surface area contributed by atoms with Gasteiger partial charge in [-0.1, -0.05) is 122 Å². The minimum atomic E-state index is 0. The Hall–Kier alpha value is 1.13. The third-order valence-electron chi connectivity index (χ3n) is 7.69. The Kier molecular flexibility index (Phi) is 57.2. The van der Waals surface area contributed by atoms with E-state index in [1.165, 1.54) is 103 Å². The van der Waals surface area contributed by atoms with Gasteiger partial charge in [-0.3, -0.25) is 0 Å². The fraction of sp³-hybridized carbons (Fsp3) is 0.889. The van der Waals surface area contributed by atoms with Crippen LogP contribution in [-0.4, -0.2) is 89.2 Å². The third kappa shape index (κ3) is 45.2. The zero-order valence-electron chi connectivity index (χ0n) is 32.4. The van der Waals surface area contributed by atoms with Crippen LogP contribution in [0.1, 0.15) is 158 Å². The van der Waals surface area contributed by atoms with E-state index in [1.54, 1.807) is 0 Å². The summed E-state index contributed by atoms with van der Waals surface area (Å²) in [7, 11) is 0. The van der Waals surface area contributed by atoms with Crippen molar-refractivity contribution in [3.8, 4) is 0 Å². The quantitative estimate of drug-likeness (QED) is 0.0396. The number of thiocarbonyl (C=S) groups is 4. The van der Waals surface area contributed by atoms with Gasteiger partial charge >= 0.3 is 21.1 Å². The van der Waals surface area contributed by atoms with Crippen molar-refractivity contribution in [2.45, 2.75) is 158 Å². The normalized spacial score (nSPS) is 9.63. The summed E-state index contributed by atoms with van der Waals surface area (Å²) in [6.07, 6.45) is 20.5. The molecule has 0 atom stereocenters. The van der Waals surface area contributed by atoms with Gasteiger partial charge in [-0.05, 0) is 53.4 Å². The molecule has 0 saturated carbocycles. The molecule has 0 rings (SSSR count). The zero-order valence-corrected chi connectivity index (χ0v) is 41.0. The molecular weight excluding hydrogens is 841 g/mol. The second kappa shape index (κ2) is 47.1. The maximum absolute atomic E-state index is 4.93. The minimum absolute atomic E-state index is 0. The number of rotatable bonds is 24. The molecule has 49 heavy (non-hydrogen) atoms. The molecule has 0 aliphatic rings. The van der Waals surface area contributed by atoms with Crippen molar-refractivity contribution in [2.24, 2.45) is 0 Å². The summed E-state index contributed by atoms with van der Waals surface area (Å²) in [6, 6.07) is 0. The van der Waals surface area contributed by atoms with Crippen LogP contribution in [0.2, 0.25) is 0 Å². The third-order valence-corrected chi connectivity index (χ3v) is 9.75. The summed E-state index contributed by atoms with van der Waals surface area (Å²) in [6.45, 7) is 25.2. The standard InChI is InChI=1S/4C9H19NS2.Mo/c4*1-3-5-6-7-8-10(4-2)9(11)12;/h4*3-8H2,1-2H3,(H,11,12);/q;;;;+4/p-4. The van der Waals surface area contributed by atoms with Gasteiger partial charge in [0.05, 0.1) is 0 Å². The van der Waals surface area contributed by atoms with Gasteiger partial charge in [0, 0.05) is 52.4 Å². The van der Waals surface area contributed by atoms with Gasteiger partial charge in [-0.25, -0.2) is 0 Å². The molecule has 0 aromatic rings. The van der Waals surface area contributed by atoms with E-state index in [4.69, 9.17) is 99.4 Å². The van der Waals surface area contributed by atoms with Gasteiger partial charge in [0.25, 0.3) is 0 Å². The first kappa shape index (κ1) is 59.4. The Morgan fingerprint density at radius 2 is 0.490 bits per heavy atom. The average Bonchev–Trinajstić information content (AvgIpc) is 3.05. The summed E-state index contributed by atoms with van der Waals surface area (Å²) >= 11 is 39.5. The van der Waals surface area contributed by atoms with E-state index in [0.717, 1.165) is 52.4 Å². The van der Waals surface area contributed by atoms with Gasteiger partial charge in [-0.15, -0.1) is 0 Å². The molecule has 0 aliphatic heterocycles. The SMILES string of the molecule is CCCCCCN(CC)C(=S)[S-].CCCCCCN(CC)C(=S)[S-].CCCCCCN(CC)C(=S)[S-].CCCCCCN(CC)C(=S)[S-].[Mo+4]. The molecule has 0 radical (unpaired) electrons. The Bertz CT molecular complexity index is 630. The van der Waals surface area contributed by atoms with E-state index >= 15 is 0 Å². The van der Waals surface area contributed by atoms with Crippen LogP contribution in [-0.2, 0) is 71.6 Å².